The van der Waals surface area contributed by atoms with Gasteiger partial charge in [-0.2, -0.15) is 0 Å². The van der Waals surface area contributed by atoms with Crippen molar-refractivity contribution in [1.82, 2.24) is 0 Å². The van der Waals surface area contributed by atoms with E-state index in [2.05, 4.69) is 0 Å². The number of carbonyl (C=O) groups excluding carboxylic acids is 1. The van der Waals surface area contributed by atoms with Gasteiger partial charge in [-0.3, -0.25) is 4.79 Å². The minimum atomic E-state index is -0.838. The van der Waals surface area contributed by atoms with Gasteiger partial charge < -0.3 is 4.74 Å². The minimum absolute atomic E-state index is 0.156. The van der Waals surface area contributed by atoms with Crippen LogP contribution in [0.15, 0.2) is 54.6 Å². The quantitative estimate of drug-likeness (QED) is 0.296. The van der Waals surface area contributed by atoms with E-state index in [9.17, 15) is 18.0 Å². The van der Waals surface area contributed by atoms with E-state index in [-0.39, 0.29) is 23.1 Å². The van der Waals surface area contributed by atoms with Crippen LogP contribution in [0, 0.1) is 30.3 Å². The summed E-state index contributed by atoms with van der Waals surface area (Å²) >= 11 is 0. The van der Waals surface area contributed by atoms with E-state index in [0.717, 1.165) is 5.56 Å². The van der Waals surface area contributed by atoms with Gasteiger partial charge in [0.05, 0.1) is 5.92 Å². The average Bonchev–Trinajstić information content (AvgIpc) is 2.82. The molecule has 3 aromatic carbocycles. The molecule has 5 heteroatoms. The fraction of sp³-hybridized carbons (Fsp3) is 0.321. The lowest BCUT2D eigenvalue weighted by molar-refractivity contribution is -0.140. The third-order valence-electron chi connectivity index (χ3n) is 6.60. The highest BCUT2D eigenvalue weighted by atomic mass is 19.2. The van der Waals surface area contributed by atoms with E-state index in [1.807, 2.05) is 26.0 Å². The van der Waals surface area contributed by atoms with E-state index in [4.69, 9.17) is 4.74 Å². The Hall–Kier alpha value is -3.08. The first-order valence-corrected chi connectivity index (χ1v) is 11.4. The van der Waals surface area contributed by atoms with Crippen LogP contribution in [0.5, 0.6) is 5.75 Å². The third-order valence-corrected chi connectivity index (χ3v) is 6.60. The van der Waals surface area contributed by atoms with Crippen molar-refractivity contribution < 1.29 is 22.7 Å². The maximum atomic E-state index is 15.0. The fourth-order valence-corrected chi connectivity index (χ4v) is 4.55. The van der Waals surface area contributed by atoms with Crippen LogP contribution >= 0.6 is 0 Å². The molecule has 1 fully saturated rings. The Bertz CT molecular complexity index is 1150. The molecule has 1 saturated carbocycles. The van der Waals surface area contributed by atoms with Crippen LogP contribution in [-0.4, -0.2) is 5.97 Å². The van der Waals surface area contributed by atoms with Crippen LogP contribution < -0.4 is 4.74 Å². The first kappa shape index (κ1) is 23.1. The van der Waals surface area contributed by atoms with Crippen molar-refractivity contribution >= 4 is 5.97 Å². The molecule has 0 saturated heterocycles. The number of hydrogen-bond donors (Lipinski definition) is 0. The minimum Gasteiger partial charge on any atom is -0.426 e. The molecule has 0 unspecified atom stereocenters. The predicted molar refractivity (Wildman–Crippen MR) is 123 cm³/mol. The van der Waals surface area contributed by atoms with Crippen molar-refractivity contribution in [2.24, 2.45) is 5.92 Å². The first-order chi connectivity index (χ1) is 15.9. The molecule has 0 aliphatic heterocycles. The lowest BCUT2D eigenvalue weighted by Crippen LogP contribution is -2.25. The van der Waals surface area contributed by atoms with Gasteiger partial charge in [-0.05, 0) is 67.7 Å². The van der Waals surface area contributed by atoms with Crippen LogP contribution in [0.1, 0.15) is 55.2 Å². The van der Waals surface area contributed by atoms with Gasteiger partial charge in [0.2, 0.25) is 0 Å². The fourth-order valence-electron chi connectivity index (χ4n) is 4.55. The first-order valence-electron chi connectivity index (χ1n) is 11.4. The Kier molecular flexibility index (Phi) is 6.87. The zero-order chi connectivity index (χ0) is 23.5. The van der Waals surface area contributed by atoms with Crippen LogP contribution in [0.4, 0.5) is 13.2 Å². The second kappa shape index (κ2) is 9.82. The Morgan fingerprint density at radius 3 is 2.24 bits per heavy atom. The smallest absolute Gasteiger partial charge is 0.314 e. The van der Waals surface area contributed by atoms with E-state index >= 15 is 0 Å². The molecule has 0 amide bonds. The molecule has 33 heavy (non-hydrogen) atoms. The third kappa shape index (κ3) is 4.97. The molecule has 4 rings (SSSR count). The molecule has 3 aromatic rings. The van der Waals surface area contributed by atoms with Gasteiger partial charge >= 0.3 is 5.97 Å². The highest BCUT2D eigenvalue weighted by Crippen LogP contribution is 2.39. The largest absolute Gasteiger partial charge is 0.426 e. The van der Waals surface area contributed by atoms with Gasteiger partial charge in [0.1, 0.15) is 11.6 Å². The molecule has 0 atom stereocenters. The molecular weight excluding hydrogens is 425 g/mol. The van der Waals surface area contributed by atoms with Crippen molar-refractivity contribution in [1.29, 1.82) is 0 Å². The number of aryl methyl sites for hydroxylation is 2. The molecule has 0 spiro atoms. The van der Waals surface area contributed by atoms with E-state index in [0.29, 0.717) is 48.8 Å². The number of rotatable bonds is 5. The van der Waals surface area contributed by atoms with Crippen molar-refractivity contribution in [2.45, 2.75) is 51.9 Å². The lowest BCUT2D eigenvalue weighted by Gasteiger charge is -2.28. The topological polar surface area (TPSA) is 26.3 Å². The second-order valence-corrected chi connectivity index (χ2v) is 8.77. The predicted octanol–water partition coefficient (Wildman–Crippen LogP) is 7.52. The molecule has 0 heterocycles. The van der Waals surface area contributed by atoms with Crippen LogP contribution in [0.25, 0.3) is 11.1 Å². The summed E-state index contributed by atoms with van der Waals surface area (Å²) in [6.45, 7) is 3.80. The molecular formula is C28H27F3O2. The monoisotopic (exact) mass is 452 g/mol. The summed E-state index contributed by atoms with van der Waals surface area (Å²) in [6.07, 6.45) is 2.71. The van der Waals surface area contributed by atoms with Crippen LogP contribution in [-0.2, 0) is 11.2 Å². The summed E-state index contributed by atoms with van der Waals surface area (Å²) in [5.74, 6) is -2.75. The molecule has 2 nitrogen and oxygen atoms in total. The van der Waals surface area contributed by atoms with Crippen molar-refractivity contribution in [2.75, 3.05) is 0 Å². The summed E-state index contributed by atoms with van der Waals surface area (Å²) < 4.78 is 49.1. The van der Waals surface area contributed by atoms with Crippen LogP contribution in [0.2, 0.25) is 0 Å². The van der Waals surface area contributed by atoms with Gasteiger partial charge in [0, 0.05) is 11.6 Å². The average molecular weight is 453 g/mol. The number of esters is 1. The summed E-state index contributed by atoms with van der Waals surface area (Å²) in [5.41, 5.74) is 2.85. The van der Waals surface area contributed by atoms with Crippen molar-refractivity contribution in [3.63, 3.8) is 0 Å². The Morgan fingerprint density at radius 1 is 0.909 bits per heavy atom. The van der Waals surface area contributed by atoms with Crippen molar-refractivity contribution in [3.05, 3.63) is 88.7 Å². The van der Waals surface area contributed by atoms with Crippen molar-refractivity contribution in [3.8, 4) is 16.9 Å². The van der Waals surface area contributed by atoms with Gasteiger partial charge in [0.15, 0.2) is 11.6 Å². The summed E-state index contributed by atoms with van der Waals surface area (Å²) in [6, 6.07) is 15.0. The van der Waals surface area contributed by atoms with Gasteiger partial charge in [-0.25, -0.2) is 13.2 Å². The SMILES string of the molecule is CCc1ccc(OC(=O)C2CCC(c3ccc(-c4ccc(C)cc4)c(F)c3F)CC2)cc1F. The number of halogens is 3. The maximum absolute atomic E-state index is 15.0. The van der Waals surface area contributed by atoms with Crippen LogP contribution in [0.3, 0.4) is 0 Å². The molecule has 0 N–H and O–H groups in total. The Morgan fingerprint density at radius 2 is 1.61 bits per heavy atom. The van der Waals surface area contributed by atoms with Gasteiger partial charge in [-0.1, -0.05) is 55.0 Å². The highest BCUT2D eigenvalue weighted by Gasteiger charge is 2.31. The van der Waals surface area contributed by atoms with Gasteiger partial charge in [0.25, 0.3) is 0 Å². The number of hydrogen-bond acceptors (Lipinski definition) is 2. The Balaban J connectivity index is 1.41. The van der Waals surface area contributed by atoms with E-state index in [1.54, 1.807) is 36.4 Å². The summed E-state index contributed by atoms with van der Waals surface area (Å²) in [7, 11) is 0. The number of ether oxygens (including phenoxy) is 1. The Labute approximate surface area is 192 Å². The normalized spacial score (nSPS) is 18.2. The molecule has 1 aliphatic carbocycles. The van der Waals surface area contributed by atoms with Gasteiger partial charge in [-0.15, -0.1) is 0 Å². The second-order valence-electron chi connectivity index (χ2n) is 8.77. The lowest BCUT2D eigenvalue weighted by atomic mass is 9.78. The molecule has 0 bridgehead atoms. The summed E-state index contributed by atoms with van der Waals surface area (Å²) in [4.78, 5) is 12.5. The molecule has 172 valence electrons. The maximum Gasteiger partial charge on any atom is 0.314 e. The van der Waals surface area contributed by atoms with E-state index < -0.39 is 23.4 Å². The molecule has 0 radical (unpaired) electrons. The zero-order valence-electron chi connectivity index (χ0n) is 18.8. The van der Waals surface area contributed by atoms with E-state index in [1.165, 1.54) is 6.07 Å². The number of carbonyl (C=O) groups is 1. The summed E-state index contributed by atoms with van der Waals surface area (Å²) in [5, 5.41) is 0. The highest BCUT2D eigenvalue weighted by molar-refractivity contribution is 5.75. The zero-order valence-corrected chi connectivity index (χ0v) is 18.8. The molecule has 0 aromatic heterocycles. The number of benzene rings is 3. The molecule has 1 aliphatic rings. The standard InChI is InChI=1S/C28H27F3O2/c1-3-18-12-13-22(16-25(18)29)33-28(32)21-10-8-20(9-11-21)24-15-14-23(26(30)27(24)31)19-6-4-17(2)5-7-19/h4-7,12-16,20-21H,3,8-11H2,1-2H3.